The van der Waals surface area contributed by atoms with Gasteiger partial charge >= 0.3 is 6.09 Å². The topological polar surface area (TPSA) is 70.7 Å². The van der Waals surface area contributed by atoms with E-state index in [0.717, 1.165) is 21.8 Å². The third kappa shape index (κ3) is 2.16. The fourth-order valence-electron chi connectivity index (χ4n) is 2.26. The number of carboxylic acid groups (broad SMARTS) is 1. The van der Waals surface area contributed by atoms with Gasteiger partial charge in [-0.1, -0.05) is 29.8 Å². The van der Waals surface area contributed by atoms with Crippen LogP contribution in [0.15, 0.2) is 47.8 Å². The molecule has 3 rings (SSSR count). The zero-order chi connectivity index (χ0) is 14.1. The Morgan fingerprint density at radius 3 is 2.70 bits per heavy atom. The van der Waals surface area contributed by atoms with Crippen molar-refractivity contribution in [1.82, 2.24) is 14.8 Å². The molecule has 6 nitrogen and oxygen atoms in total. The first kappa shape index (κ1) is 12.4. The van der Waals surface area contributed by atoms with Gasteiger partial charge in [-0.2, -0.15) is 15.2 Å². The Labute approximate surface area is 115 Å². The molecule has 0 radical (unpaired) electrons. The molecule has 1 atom stereocenters. The van der Waals surface area contributed by atoms with Gasteiger partial charge in [-0.3, -0.25) is 4.68 Å². The van der Waals surface area contributed by atoms with E-state index in [1.165, 1.54) is 0 Å². The first-order valence-electron chi connectivity index (χ1n) is 6.30. The minimum Gasteiger partial charge on any atom is -0.464 e. The second-order valence-electron chi connectivity index (χ2n) is 4.72. The highest BCUT2D eigenvalue weighted by Crippen LogP contribution is 2.23. The van der Waals surface area contributed by atoms with Gasteiger partial charge < -0.3 is 5.11 Å². The van der Waals surface area contributed by atoms with E-state index in [9.17, 15) is 4.79 Å². The summed E-state index contributed by atoms with van der Waals surface area (Å²) in [6, 6.07) is 9.51. The van der Waals surface area contributed by atoms with Crippen molar-refractivity contribution in [3.8, 4) is 0 Å². The fourth-order valence-corrected chi connectivity index (χ4v) is 2.26. The Kier molecular flexibility index (Phi) is 2.98. The van der Waals surface area contributed by atoms with Gasteiger partial charge in [-0.05, 0) is 13.0 Å². The summed E-state index contributed by atoms with van der Waals surface area (Å²) in [5.41, 5.74) is 2.79. The number of rotatable bonds is 2. The first-order chi connectivity index (χ1) is 9.65. The molecule has 2 heterocycles. The van der Waals surface area contributed by atoms with Crippen molar-refractivity contribution in [3.05, 3.63) is 53.9 Å². The molecular weight excluding hydrogens is 256 g/mol. The van der Waals surface area contributed by atoms with Crippen LogP contribution in [-0.2, 0) is 0 Å². The monoisotopic (exact) mass is 270 g/mol. The van der Waals surface area contributed by atoms with E-state index >= 15 is 0 Å². The summed E-state index contributed by atoms with van der Waals surface area (Å²) in [6.45, 7) is 2.29. The lowest BCUT2D eigenvalue weighted by Crippen LogP contribution is -2.27. The lowest BCUT2D eigenvalue weighted by Gasteiger charge is -2.13. The molecule has 1 aromatic carbocycles. The molecule has 1 N–H and O–H groups in total. The second kappa shape index (κ2) is 4.80. The summed E-state index contributed by atoms with van der Waals surface area (Å²) in [5, 5.41) is 18.6. The Balaban J connectivity index is 2.00. The van der Waals surface area contributed by atoms with Gasteiger partial charge in [-0.25, -0.2) is 4.79 Å². The molecule has 0 saturated heterocycles. The van der Waals surface area contributed by atoms with Crippen molar-refractivity contribution in [1.29, 1.82) is 0 Å². The van der Waals surface area contributed by atoms with E-state index in [1.807, 2.05) is 43.5 Å². The van der Waals surface area contributed by atoms with Crippen LogP contribution in [0.5, 0.6) is 0 Å². The summed E-state index contributed by atoms with van der Waals surface area (Å²) in [7, 11) is 0. The maximum atomic E-state index is 11.1. The van der Waals surface area contributed by atoms with E-state index < -0.39 is 6.09 Å². The molecule has 0 spiro atoms. The molecule has 102 valence electrons. The summed E-state index contributed by atoms with van der Waals surface area (Å²) in [6.07, 6.45) is 2.44. The molecule has 1 unspecified atom stereocenters. The number of hydrazone groups is 1. The van der Waals surface area contributed by atoms with Crippen LogP contribution in [0.3, 0.4) is 0 Å². The smallest absolute Gasteiger partial charge is 0.428 e. The molecule has 1 aromatic heterocycles. The van der Waals surface area contributed by atoms with E-state index in [-0.39, 0.29) is 12.6 Å². The van der Waals surface area contributed by atoms with Gasteiger partial charge in [0.2, 0.25) is 0 Å². The lowest BCUT2D eigenvalue weighted by molar-refractivity contribution is 0.148. The average Bonchev–Trinajstić information content (AvgIpc) is 3.08. The van der Waals surface area contributed by atoms with Crippen LogP contribution >= 0.6 is 0 Å². The van der Waals surface area contributed by atoms with Gasteiger partial charge in [0, 0.05) is 18.0 Å². The number of aromatic nitrogens is 2. The highest BCUT2D eigenvalue weighted by molar-refractivity contribution is 6.05. The number of hydrogen-bond donors (Lipinski definition) is 1. The summed E-state index contributed by atoms with van der Waals surface area (Å²) in [5.74, 6) is 0. The zero-order valence-corrected chi connectivity index (χ0v) is 11.0. The van der Waals surface area contributed by atoms with Crippen molar-refractivity contribution in [2.75, 3.05) is 6.54 Å². The SMILES string of the molecule is Cc1ccc(C2=NN(C(=O)O)CC2n2cccn2)cc1. The van der Waals surface area contributed by atoms with Crippen LogP contribution in [0.1, 0.15) is 17.2 Å². The molecule has 0 aliphatic carbocycles. The maximum Gasteiger partial charge on any atom is 0.428 e. The molecule has 20 heavy (non-hydrogen) atoms. The van der Waals surface area contributed by atoms with Crippen molar-refractivity contribution < 1.29 is 9.90 Å². The predicted molar refractivity (Wildman–Crippen MR) is 73.7 cm³/mol. The molecule has 0 saturated carbocycles. The number of carbonyl (C=O) groups is 1. The largest absolute Gasteiger partial charge is 0.464 e. The van der Waals surface area contributed by atoms with Crippen molar-refractivity contribution in [3.63, 3.8) is 0 Å². The minimum atomic E-state index is -1.05. The highest BCUT2D eigenvalue weighted by atomic mass is 16.4. The summed E-state index contributed by atoms with van der Waals surface area (Å²) in [4.78, 5) is 11.1. The zero-order valence-electron chi connectivity index (χ0n) is 11.0. The van der Waals surface area contributed by atoms with Crippen LogP contribution in [0.2, 0.25) is 0 Å². The quantitative estimate of drug-likeness (QED) is 0.908. The fraction of sp³-hybridized carbons (Fsp3) is 0.214. The van der Waals surface area contributed by atoms with E-state index in [4.69, 9.17) is 5.11 Å². The van der Waals surface area contributed by atoms with Gasteiger partial charge in [0.25, 0.3) is 0 Å². The van der Waals surface area contributed by atoms with Crippen LogP contribution in [0.25, 0.3) is 0 Å². The van der Waals surface area contributed by atoms with Crippen LogP contribution in [0, 0.1) is 6.92 Å². The molecular formula is C14H14N4O2. The van der Waals surface area contributed by atoms with Gasteiger partial charge in [0.05, 0.1) is 12.3 Å². The normalized spacial score (nSPS) is 18.1. The number of hydrogen-bond acceptors (Lipinski definition) is 3. The average molecular weight is 270 g/mol. The Morgan fingerprint density at radius 2 is 2.10 bits per heavy atom. The number of amides is 1. The van der Waals surface area contributed by atoms with E-state index in [0.29, 0.717) is 0 Å². The van der Waals surface area contributed by atoms with Crippen LogP contribution < -0.4 is 0 Å². The summed E-state index contributed by atoms with van der Waals surface area (Å²) < 4.78 is 1.74. The standard InChI is InChI=1S/C14H14N4O2/c1-10-3-5-11(6-4-10)13-12(17-8-2-7-15-17)9-18(16-13)14(19)20/h2-8,12H,9H2,1H3,(H,19,20). The number of aryl methyl sites for hydroxylation is 1. The van der Waals surface area contributed by atoms with Crippen LogP contribution in [0.4, 0.5) is 4.79 Å². The van der Waals surface area contributed by atoms with E-state index in [2.05, 4.69) is 10.2 Å². The molecule has 0 bridgehead atoms. The maximum absolute atomic E-state index is 11.1. The Hall–Kier alpha value is -2.63. The third-order valence-corrected chi connectivity index (χ3v) is 3.30. The first-order valence-corrected chi connectivity index (χ1v) is 6.30. The molecule has 0 fully saturated rings. The molecule has 1 aliphatic rings. The molecule has 6 heteroatoms. The number of benzene rings is 1. The van der Waals surface area contributed by atoms with E-state index in [1.54, 1.807) is 10.9 Å². The summed E-state index contributed by atoms with van der Waals surface area (Å²) >= 11 is 0. The molecule has 2 aromatic rings. The van der Waals surface area contributed by atoms with Crippen molar-refractivity contribution in [2.24, 2.45) is 5.10 Å². The van der Waals surface area contributed by atoms with Gasteiger partial charge in [0.1, 0.15) is 6.04 Å². The second-order valence-corrected chi connectivity index (χ2v) is 4.72. The Morgan fingerprint density at radius 1 is 1.35 bits per heavy atom. The van der Waals surface area contributed by atoms with Gasteiger partial charge in [-0.15, -0.1) is 0 Å². The number of nitrogens with zero attached hydrogens (tertiary/aromatic N) is 4. The lowest BCUT2D eigenvalue weighted by atomic mass is 10.0. The third-order valence-electron chi connectivity index (χ3n) is 3.30. The minimum absolute atomic E-state index is 0.191. The highest BCUT2D eigenvalue weighted by Gasteiger charge is 2.32. The predicted octanol–water partition coefficient (Wildman–Crippen LogP) is 2.13. The molecule has 1 aliphatic heterocycles. The van der Waals surface area contributed by atoms with Crippen molar-refractivity contribution in [2.45, 2.75) is 13.0 Å². The molecule has 1 amide bonds. The van der Waals surface area contributed by atoms with Crippen LogP contribution in [-0.4, -0.2) is 38.2 Å². The Bertz CT molecular complexity index is 646. The van der Waals surface area contributed by atoms with Crippen molar-refractivity contribution >= 4 is 11.8 Å². The van der Waals surface area contributed by atoms with Gasteiger partial charge in [0.15, 0.2) is 0 Å².